The van der Waals surface area contributed by atoms with Crippen LogP contribution in [0.4, 0.5) is 0 Å². The van der Waals surface area contributed by atoms with Crippen molar-refractivity contribution in [2.75, 3.05) is 32.7 Å². The molecule has 2 aliphatic rings. The number of rotatable bonds is 4. The van der Waals surface area contributed by atoms with Gasteiger partial charge < -0.3 is 4.90 Å². The lowest BCUT2D eigenvalue weighted by Crippen LogP contribution is -2.25. The molecule has 0 spiro atoms. The number of unbranched alkanes of at least 4 members (excludes halogenated alkanes) is 1. The number of amides is 1. The summed E-state index contributed by atoms with van der Waals surface area (Å²) < 4.78 is 0. The van der Waals surface area contributed by atoms with E-state index < -0.39 is 0 Å². The van der Waals surface area contributed by atoms with Crippen LogP contribution < -0.4 is 0 Å². The Morgan fingerprint density at radius 2 is 1.88 bits per heavy atom. The molecular formula is C14H22N2O. The molecule has 0 aromatic rings. The molecule has 0 aromatic heterocycles. The summed E-state index contributed by atoms with van der Waals surface area (Å²) in [5.41, 5.74) is 0. The van der Waals surface area contributed by atoms with E-state index in [1.54, 1.807) is 0 Å². The van der Waals surface area contributed by atoms with Crippen molar-refractivity contribution in [3.63, 3.8) is 0 Å². The van der Waals surface area contributed by atoms with Gasteiger partial charge in [0.2, 0.25) is 5.91 Å². The Morgan fingerprint density at radius 3 is 2.59 bits per heavy atom. The van der Waals surface area contributed by atoms with Crippen LogP contribution in [0.5, 0.6) is 0 Å². The normalized spacial score (nSPS) is 20.7. The van der Waals surface area contributed by atoms with Gasteiger partial charge in [-0.3, -0.25) is 9.69 Å². The molecule has 3 heteroatoms. The van der Waals surface area contributed by atoms with Gasteiger partial charge >= 0.3 is 0 Å². The second kappa shape index (κ2) is 6.66. The molecule has 0 bridgehead atoms. The van der Waals surface area contributed by atoms with Gasteiger partial charge in [-0.1, -0.05) is 5.92 Å². The highest BCUT2D eigenvalue weighted by Crippen LogP contribution is 2.10. The minimum Gasteiger partial charge on any atom is -0.343 e. The first-order valence-electron chi connectivity index (χ1n) is 6.82. The smallest absolute Gasteiger partial charge is 0.222 e. The van der Waals surface area contributed by atoms with Crippen LogP contribution in [-0.2, 0) is 4.79 Å². The maximum absolute atomic E-state index is 11.4. The van der Waals surface area contributed by atoms with Gasteiger partial charge in [-0.2, -0.15) is 0 Å². The van der Waals surface area contributed by atoms with E-state index in [1.165, 1.54) is 25.9 Å². The minimum atomic E-state index is 0.329. The molecule has 94 valence electrons. The maximum atomic E-state index is 11.4. The molecule has 3 nitrogen and oxygen atoms in total. The van der Waals surface area contributed by atoms with Crippen molar-refractivity contribution in [1.82, 2.24) is 9.80 Å². The summed E-state index contributed by atoms with van der Waals surface area (Å²) >= 11 is 0. The molecule has 0 radical (unpaired) electrons. The van der Waals surface area contributed by atoms with Crippen LogP contribution in [0.2, 0.25) is 0 Å². The van der Waals surface area contributed by atoms with Crippen molar-refractivity contribution in [1.29, 1.82) is 0 Å². The van der Waals surface area contributed by atoms with E-state index in [0.29, 0.717) is 5.91 Å². The van der Waals surface area contributed by atoms with Crippen LogP contribution in [0.15, 0.2) is 0 Å². The fourth-order valence-electron chi connectivity index (χ4n) is 2.50. The van der Waals surface area contributed by atoms with Crippen molar-refractivity contribution in [3.8, 4) is 11.8 Å². The zero-order valence-corrected chi connectivity index (χ0v) is 10.6. The fourth-order valence-corrected chi connectivity index (χ4v) is 2.50. The molecule has 0 N–H and O–H groups in total. The van der Waals surface area contributed by atoms with Crippen LogP contribution in [-0.4, -0.2) is 48.4 Å². The molecule has 2 saturated heterocycles. The summed E-state index contributed by atoms with van der Waals surface area (Å²) in [6.07, 6.45) is 6.41. The Labute approximate surface area is 104 Å². The fraction of sp³-hybridized carbons (Fsp3) is 0.786. The highest BCUT2D eigenvalue weighted by molar-refractivity contribution is 5.77. The topological polar surface area (TPSA) is 23.6 Å². The van der Waals surface area contributed by atoms with Crippen LogP contribution in [0.1, 0.15) is 38.5 Å². The largest absolute Gasteiger partial charge is 0.343 e. The zero-order valence-electron chi connectivity index (χ0n) is 10.6. The number of nitrogens with zero attached hydrogens (tertiary/aromatic N) is 2. The minimum absolute atomic E-state index is 0.329. The second-order valence-electron chi connectivity index (χ2n) is 4.92. The number of likely N-dealkylation sites (tertiary alicyclic amines) is 2. The van der Waals surface area contributed by atoms with E-state index in [2.05, 4.69) is 16.7 Å². The average Bonchev–Trinajstić information content (AvgIpc) is 2.95. The summed E-state index contributed by atoms with van der Waals surface area (Å²) in [6, 6.07) is 0. The van der Waals surface area contributed by atoms with E-state index >= 15 is 0 Å². The first kappa shape index (κ1) is 12.4. The molecule has 17 heavy (non-hydrogen) atoms. The van der Waals surface area contributed by atoms with E-state index in [0.717, 1.165) is 45.3 Å². The van der Waals surface area contributed by atoms with Crippen LogP contribution in [0, 0.1) is 11.8 Å². The molecule has 2 heterocycles. The Balaban J connectivity index is 1.53. The summed E-state index contributed by atoms with van der Waals surface area (Å²) in [6.45, 7) is 5.23. The highest BCUT2D eigenvalue weighted by atomic mass is 16.2. The Bertz CT molecular complexity index is 310. The van der Waals surface area contributed by atoms with Gasteiger partial charge in [0.05, 0.1) is 6.54 Å². The highest BCUT2D eigenvalue weighted by Gasteiger charge is 2.18. The Morgan fingerprint density at radius 1 is 1.06 bits per heavy atom. The monoisotopic (exact) mass is 234 g/mol. The first-order chi connectivity index (χ1) is 8.36. The van der Waals surface area contributed by atoms with Gasteiger partial charge in [-0.15, -0.1) is 5.92 Å². The quantitative estimate of drug-likeness (QED) is 0.543. The van der Waals surface area contributed by atoms with Gasteiger partial charge in [0.15, 0.2) is 0 Å². The van der Waals surface area contributed by atoms with Gasteiger partial charge in [0.25, 0.3) is 0 Å². The van der Waals surface area contributed by atoms with Gasteiger partial charge in [-0.25, -0.2) is 0 Å². The molecule has 0 aromatic carbocycles. The molecule has 0 saturated carbocycles. The third-order valence-electron chi connectivity index (χ3n) is 3.53. The standard InChI is InChI=1S/C14H22N2O/c17-14-8-7-13-16(14)12-4-2-1-3-9-15-10-5-6-11-15/h2,4-13H2. The summed E-state index contributed by atoms with van der Waals surface area (Å²) in [5, 5.41) is 0. The summed E-state index contributed by atoms with van der Waals surface area (Å²) in [5.74, 6) is 6.79. The Kier molecular flexibility index (Phi) is 4.88. The number of carbonyl (C=O) groups is 1. The maximum Gasteiger partial charge on any atom is 0.222 e. The molecular weight excluding hydrogens is 212 g/mol. The molecule has 2 fully saturated rings. The SMILES string of the molecule is O=C1CCCN1CCCC#CCN1CCCC1. The third-order valence-corrected chi connectivity index (χ3v) is 3.53. The number of hydrogen-bond donors (Lipinski definition) is 0. The predicted octanol–water partition coefficient (Wildman–Crippen LogP) is 1.49. The van der Waals surface area contributed by atoms with E-state index in [1.807, 2.05) is 4.90 Å². The molecule has 0 aliphatic carbocycles. The lowest BCUT2D eigenvalue weighted by molar-refractivity contribution is -0.127. The van der Waals surface area contributed by atoms with Crippen molar-refractivity contribution in [2.24, 2.45) is 0 Å². The predicted molar refractivity (Wildman–Crippen MR) is 68.5 cm³/mol. The van der Waals surface area contributed by atoms with Gasteiger partial charge in [0, 0.05) is 25.9 Å². The van der Waals surface area contributed by atoms with Crippen LogP contribution >= 0.6 is 0 Å². The van der Waals surface area contributed by atoms with Crippen molar-refractivity contribution in [2.45, 2.75) is 38.5 Å². The summed E-state index contributed by atoms with van der Waals surface area (Å²) in [4.78, 5) is 15.7. The van der Waals surface area contributed by atoms with E-state index in [9.17, 15) is 4.79 Å². The first-order valence-corrected chi connectivity index (χ1v) is 6.82. The Hall–Kier alpha value is -1.01. The van der Waals surface area contributed by atoms with E-state index in [4.69, 9.17) is 0 Å². The lowest BCUT2D eigenvalue weighted by Gasteiger charge is -2.13. The third kappa shape index (κ3) is 4.05. The van der Waals surface area contributed by atoms with Crippen molar-refractivity contribution in [3.05, 3.63) is 0 Å². The van der Waals surface area contributed by atoms with Crippen molar-refractivity contribution >= 4 is 5.91 Å². The summed E-state index contributed by atoms with van der Waals surface area (Å²) in [7, 11) is 0. The van der Waals surface area contributed by atoms with Gasteiger partial charge in [0.1, 0.15) is 0 Å². The lowest BCUT2D eigenvalue weighted by atomic mass is 10.3. The van der Waals surface area contributed by atoms with Crippen molar-refractivity contribution < 1.29 is 4.79 Å². The van der Waals surface area contributed by atoms with E-state index in [-0.39, 0.29) is 0 Å². The van der Waals surface area contributed by atoms with Crippen LogP contribution in [0.3, 0.4) is 0 Å². The zero-order chi connectivity index (χ0) is 11.9. The molecule has 2 rings (SSSR count). The van der Waals surface area contributed by atoms with Gasteiger partial charge in [-0.05, 0) is 38.8 Å². The number of carbonyl (C=O) groups excluding carboxylic acids is 1. The molecule has 1 amide bonds. The second-order valence-corrected chi connectivity index (χ2v) is 4.92. The molecule has 0 atom stereocenters. The molecule has 0 unspecified atom stereocenters. The molecule has 2 aliphatic heterocycles. The number of hydrogen-bond acceptors (Lipinski definition) is 2. The average molecular weight is 234 g/mol. The van der Waals surface area contributed by atoms with Crippen LogP contribution in [0.25, 0.3) is 0 Å².